The molecule has 1 aromatic heterocycles. The number of benzene rings is 11. The van der Waals surface area contributed by atoms with Crippen LogP contribution >= 0.6 is 0 Å². The van der Waals surface area contributed by atoms with Crippen molar-refractivity contribution in [3.05, 3.63) is 279 Å². The van der Waals surface area contributed by atoms with Crippen LogP contribution in [0.1, 0.15) is 0 Å². The second kappa shape index (κ2) is 17.1. The first-order valence-corrected chi connectivity index (χ1v) is 25.1. The quantitative estimate of drug-likeness (QED) is 0.0982. The van der Waals surface area contributed by atoms with Gasteiger partial charge in [0.1, 0.15) is 0 Å². The Morgan fingerprint density at radius 2 is 0.746 bits per heavy atom. The minimum Gasteiger partial charge on any atom is -0.310 e. The molecule has 0 unspecified atom stereocenters. The van der Waals surface area contributed by atoms with Crippen molar-refractivity contribution < 1.29 is 0 Å². The van der Waals surface area contributed by atoms with E-state index < -0.39 is 8.07 Å². The number of fused-ring (bicyclic) bond motifs is 4. The number of anilines is 3. The number of hydrogen-bond acceptors (Lipinski definition) is 1. The van der Waals surface area contributed by atoms with Gasteiger partial charge in [0.15, 0.2) is 8.07 Å². The largest absolute Gasteiger partial charge is 0.310 e. The minimum atomic E-state index is -2.68. The lowest BCUT2D eigenvalue weighted by Gasteiger charge is -2.35. The van der Waals surface area contributed by atoms with Gasteiger partial charge in [-0.05, 0) is 114 Å². The summed E-state index contributed by atoms with van der Waals surface area (Å²) in [7, 11) is -2.68. The number of nitrogens with zero attached hydrogens (tertiary/aromatic N) is 2. The fourth-order valence-electron chi connectivity index (χ4n) is 10.4. The predicted octanol–water partition coefficient (Wildman–Crippen LogP) is 14.1. The molecule has 0 fully saturated rings. The highest BCUT2D eigenvalue weighted by Crippen LogP contribution is 2.40. The van der Waals surface area contributed by atoms with Gasteiger partial charge in [0, 0.05) is 33.5 Å². The van der Waals surface area contributed by atoms with Crippen molar-refractivity contribution in [1.29, 1.82) is 0 Å². The minimum absolute atomic E-state index is 1.10. The van der Waals surface area contributed by atoms with Gasteiger partial charge < -0.3 is 9.47 Å². The molecule has 11 aromatic carbocycles. The topological polar surface area (TPSA) is 8.17 Å². The Morgan fingerprint density at radius 3 is 1.36 bits per heavy atom. The van der Waals surface area contributed by atoms with Gasteiger partial charge in [0.05, 0.1) is 11.0 Å². The zero-order chi connectivity index (χ0) is 44.6. The van der Waals surface area contributed by atoms with Gasteiger partial charge >= 0.3 is 0 Å². The summed E-state index contributed by atoms with van der Waals surface area (Å²) in [5.41, 5.74) is 11.7. The first-order chi connectivity index (χ1) is 33.2. The average Bonchev–Trinajstić information content (AvgIpc) is 3.75. The lowest BCUT2D eigenvalue weighted by molar-refractivity contribution is 1.18. The van der Waals surface area contributed by atoms with Crippen molar-refractivity contribution in [2.45, 2.75) is 0 Å². The molecule has 0 aliphatic heterocycles. The van der Waals surface area contributed by atoms with Crippen LogP contribution in [0.5, 0.6) is 0 Å². The second-order valence-corrected chi connectivity index (χ2v) is 21.1. The zero-order valence-corrected chi connectivity index (χ0v) is 38.0. The molecule has 316 valence electrons. The lowest BCUT2D eigenvalue weighted by Crippen LogP contribution is -2.74. The first kappa shape index (κ1) is 40.0. The number of rotatable bonds is 10. The van der Waals surface area contributed by atoms with E-state index in [1.54, 1.807) is 0 Å². The maximum Gasteiger partial charge on any atom is 0.179 e. The van der Waals surface area contributed by atoms with Crippen LogP contribution in [0.3, 0.4) is 0 Å². The smallest absolute Gasteiger partial charge is 0.179 e. The number of hydrogen-bond donors (Lipinski definition) is 0. The van der Waals surface area contributed by atoms with Crippen LogP contribution < -0.4 is 25.6 Å². The molecule has 0 radical (unpaired) electrons. The van der Waals surface area contributed by atoms with E-state index in [0.29, 0.717) is 0 Å². The van der Waals surface area contributed by atoms with E-state index in [0.717, 1.165) is 17.1 Å². The lowest BCUT2D eigenvalue weighted by atomic mass is 9.97. The molecule has 0 atom stereocenters. The van der Waals surface area contributed by atoms with Crippen molar-refractivity contribution in [1.82, 2.24) is 4.57 Å². The van der Waals surface area contributed by atoms with E-state index in [9.17, 15) is 0 Å². The average molecular weight is 871 g/mol. The van der Waals surface area contributed by atoms with Gasteiger partial charge in [-0.25, -0.2) is 0 Å². The fraction of sp³-hybridized carbons (Fsp3) is 0. The normalized spacial score (nSPS) is 11.6. The molecule has 0 aliphatic rings. The Balaban J connectivity index is 0.927. The summed E-state index contributed by atoms with van der Waals surface area (Å²) in [6, 6.07) is 103. The van der Waals surface area contributed by atoms with Gasteiger partial charge in [-0.1, -0.05) is 218 Å². The fourth-order valence-corrected chi connectivity index (χ4v) is 15.2. The molecule has 2 nitrogen and oxygen atoms in total. The summed E-state index contributed by atoms with van der Waals surface area (Å²) in [4.78, 5) is 2.40. The van der Waals surface area contributed by atoms with Gasteiger partial charge in [0.2, 0.25) is 0 Å². The molecule has 0 aliphatic carbocycles. The Bertz CT molecular complexity index is 3550. The molecule has 0 saturated heterocycles. The second-order valence-electron chi connectivity index (χ2n) is 17.3. The first-order valence-electron chi connectivity index (χ1n) is 23.1. The maximum atomic E-state index is 2.40. The van der Waals surface area contributed by atoms with E-state index in [4.69, 9.17) is 0 Å². The molecule has 12 aromatic rings. The van der Waals surface area contributed by atoms with E-state index >= 15 is 0 Å². The molecule has 0 N–H and O–H groups in total. The number of aromatic nitrogens is 1. The van der Waals surface area contributed by atoms with E-state index in [1.807, 2.05) is 0 Å². The van der Waals surface area contributed by atoms with E-state index in [-0.39, 0.29) is 0 Å². The molecule has 0 spiro atoms. The molecular formula is C64H46N2Si. The summed E-state index contributed by atoms with van der Waals surface area (Å²) < 4.78 is 2.38. The standard InChI is InChI=1S/C64H46N2Si/c1-5-20-52(21-6-1)66-62-30-16-15-28-61(62)64-60(29-17-31-63(64)66)50-34-32-48(33-35-50)49-36-39-53(40-37-49)65(55-41-38-47-18-13-14-19-51(47)46-55)54-42-44-59(45-43-54)67(56-22-7-2-8-23-56,57-24-9-3-10-25-57)58-26-11-4-12-27-58/h1-46H. The Hall–Kier alpha value is -8.50. The van der Waals surface area contributed by atoms with Crippen LogP contribution in [-0.4, -0.2) is 12.6 Å². The third kappa shape index (κ3) is 7.05. The highest BCUT2D eigenvalue weighted by atomic mass is 28.3. The molecule has 3 heteroatoms. The molecule has 0 saturated carbocycles. The van der Waals surface area contributed by atoms with Gasteiger partial charge in [-0.15, -0.1) is 0 Å². The van der Waals surface area contributed by atoms with Gasteiger partial charge in [-0.2, -0.15) is 0 Å². The van der Waals surface area contributed by atoms with Crippen LogP contribution in [0.2, 0.25) is 0 Å². The molecular weight excluding hydrogens is 825 g/mol. The molecule has 67 heavy (non-hydrogen) atoms. The molecule has 0 amide bonds. The number of para-hydroxylation sites is 2. The zero-order valence-electron chi connectivity index (χ0n) is 37.0. The van der Waals surface area contributed by atoms with Crippen molar-refractivity contribution in [3.63, 3.8) is 0 Å². The SMILES string of the molecule is c1ccc(-n2c3ccccc3c3c(-c4ccc(-c5ccc(N(c6ccc([Si](c7ccccc7)(c7ccccc7)c7ccccc7)cc6)c6ccc7ccccc7c6)cc5)cc4)cccc32)cc1. The van der Waals surface area contributed by atoms with Crippen molar-refractivity contribution >= 4 is 78.5 Å². The van der Waals surface area contributed by atoms with Crippen molar-refractivity contribution in [2.24, 2.45) is 0 Å². The summed E-state index contributed by atoms with van der Waals surface area (Å²) in [6.45, 7) is 0. The van der Waals surface area contributed by atoms with Crippen LogP contribution in [-0.2, 0) is 0 Å². The van der Waals surface area contributed by atoms with Crippen LogP contribution in [0.25, 0.3) is 60.5 Å². The third-order valence-corrected chi connectivity index (χ3v) is 18.3. The van der Waals surface area contributed by atoms with Crippen molar-refractivity contribution in [2.75, 3.05) is 4.90 Å². The van der Waals surface area contributed by atoms with Gasteiger partial charge in [0.25, 0.3) is 0 Å². The summed E-state index contributed by atoms with van der Waals surface area (Å²) in [5, 5.41) is 10.4. The third-order valence-electron chi connectivity index (χ3n) is 13.5. The summed E-state index contributed by atoms with van der Waals surface area (Å²) in [6.07, 6.45) is 0. The van der Waals surface area contributed by atoms with Crippen LogP contribution in [0, 0.1) is 0 Å². The molecule has 1 heterocycles. The summed E-state index contributed by atoms with van der Waals surface area (Å²) in [5.74, 6) is 0. The molecule has 0 bridgehead atoms. The van der Waals surface area contributed by atoms with Crippen molar-refractivity contribution in [3.8, 4) is 27.9 Å². The highest BCUT2D eigenvalue weighted by Gasteiger charge is 2.41. The van der Waals surface area contributed by atoms with E-state index in [1.165, 1.54) is 81.3 Å². The maximum absolute atomic E-state index is 2.68. The van der Waals surface area contributed by atoms with E-state index in [2.05, 4.69) is 289 Å². The predicted molar refractivity (Wildman–Crippen MR) is 287 cm³/mol. The molecule has 12 rings (SSSR count). The van der Waals surface area contributed by atoms with Crippen LogP contribution in [0.15, 0.2) is 279 Å². The van der Waals surface area contributed by atoms with Gasteiger partial charge in [-0.3, -0.25) is 0 Å². The monoisotopic (exact) mass is 870 g/mol. The van der Waals surface area contributed by atoms with Crippen LogP contribution in [0.4, 0.5) is 17.1 Å². The Morgan fingerprint density at radius 1 is 0.299 bits per heavy atom. The Labute approximate surface area is 392 Å². The Kier molecular flexibility index (Phi) is 10.2. The highest BCUT2D eigenvalue weighted by molar-refractivity contribution is 7.19. The summed E-state index contributed by atoms with van der Waals surface area (Å²) >= 11 is 0.